The predicted octanol–water partition coefficient (Wildman–Crippen LogP) is 4.84. The second-order valence-electron chi connectivity index (χ2n) is 4.79. The van der Waals surface area contributed by atoms with Crippen LogP contribution in [0.25, 0.3) is 11.1 Å². The first kappa shape index (κ1) is 11.9. The van der Waals surface area contributed by atoms with E-state index >= 15 is 0 Å². The molecule has 0 atom stereocenters. The van der Waals surface area contributed by atoms with E-state index in [4.69, 9.17) is 0 Å². The SMILES string of the molecule is CCc1ccc(-c2cc(C)c(C)c(C)c2)cc1. The largest absolute Gasteiger partial charge is 0.0613 e. The van der Waals surface area contributed by atoms with Gasteiger partial charge in [0.15, 0.2) is 0 Å². The molecule has 2 rings (SSSR count). The van der Waals surface area contributed by atoms with Crippen LogP contribution in [-0.2, 0) is 6.42 Å². The molecule has 0 fully saturated rings. The summed E-state index contributed by atoms with van der Waals surface area (Å²) >= 11 is 0. The van der Waals surface area contributed by atoms with Crippen LogP contribution >= 0.6 is 0 Å². The zero-order valence-electron chi connectivity index (χ0n) is 11.2. The normalized spacial score (nSPS) is 10.6. The van der Waals surface area contributed by atoms with Crippen molar-refractivity contribution in [3.63, 3.8) is 0 Å². The molecule has 0 amide bonds. The van der Waals surface area contributed by atoms with Gasteiger partial charge in [0.25, 0.3) is 0 Å². The topological polar surface area (TPSA) is 0 Å². The molecule has 0 aliphatic carbocycles. The van der Waals surface area contributed by atoms with Gasteiger partial charge in [-0.15, -0.1) is 0 Å². The first-order valence-corrected chi connectivity index (χ1v) is 6.29. The third kappa shape index (κ3) is 2.41. The molecular weight excluding hydrogens is 204 g/mol. The van der Waals surface area contributed by atoms with Gasteiger partial charge in [-0.05, 0) is 60.6 Å². The van der Waals surface area contributed by atoms with E-state index < -0.39 is 0 Å². The van der Waals surface area contributed by atoms with Crippen LogP contribution in [0, 0.1) is 20.8 Å². The molecule has 0 unspecified atom stereocenters. The molecule has 0 bridgehead atoms. The highest BCUT2D eigenvalue weighted by Crippen LogP contribution is 2.25. The van der Waals surface area contributed by atoms with Gasteiger partial charge in [-0.3, -0.25) is 0 Å². The summed E-state index contributed by atoms with van der Waals surface area (Å²) in [5, 5.41) is 0. The zero-order valence-corrected chi connectivity index (χ0v) is 11.2. The minimum absolute atomic E-state index is 1.10. The first-order chi connectivity index (χ1) is 8.11. The molecule has 0 aliphatic heterocycles. The van der Waals surface area contributed by atoms with E-state index in [1.54, 1.807) is 0 Å². The number of hydrogen-bond acceptors (Lipinski definition) is 0. The van der Waals surface area contributed by atoms with Crippen molar-refractivity contribution in [1.29, 1.82) is 0 Å². The molecule has 2 aromatic carbocycles. The molecule has 0 saturated carbocycles. The summed E-state index contributed by atoms with van der Waals surface area (Å²) in [6.07, 6.45) is 1.10. The van der Waals surface area contributed by atoms with Gasteiger partial charge in [-0.2, -0.15) is 0 Å². The van der Waals surface area contributed by atoms with Crippen LogP contribution in [-0.4, -0.2) is 0 Å². The average molecular weight is 224 g/mol. The van der Waals surface area contributed by atoms with Crippen molar-refractivity contribution in [2.45, 2.75) is 34.1 Å². The third-order valence-electron chi connectivity index (χ3n) is 3.62. The Kier molecular flexibility index (Phi) is 3.33. The molecular formula is C17H20. The second kappa shape index (κ2) is 4.75. The Hall–Kier alpha value is -1.56. The number of aryl methyl sites for hydroxylation is 3. The number of benzene rings is 2. The summed E-state index contributed by atoms with van der Waals surface area (Å²) in [6, 6.07) is 13.5. The van der Waals surface area contributed by atoms with Gasteiger partial charge in [0, 0.05) is 0 Å². The van der Waals surface area contributed by atoms with E-state index in [-0.39, 0.29) is 0 Å². The lowest BCUT2D eigenvalue weighted by molar-refractivity contribution is 1.14. The van der Waals surface area contributed by atoms with Crippen molar-refractivity contribution in [2.75, 3.05) is 0 Å². The zero-order chi connectivity index (χ0) is 12.4. The first-order valence-electron chi connectivity index (χ1n) is 6.29. The van der Waals surface area contributed by atoms with Crippen molar-refractivity contribution in [2.24, 2.45) is 0 Å². The van der Waals surface area contributed by atoms with Crippen LogP contribution < -0.4 is 0 Å². The maximum absolute atomic E-state index is 2.28. The highest BCUT2D eigenvalue weighted by molar-refractivity contribution is 5.66. The highest BCUT2D eigenvalue weighted by Gasteiger charge is 2.03. The van der Waals surface area contributed by atoms with Crippen molar-refractivity contribution in [3.05, 3.63) is 58.7 Å². The van der Waals surface area contributed by atoms with Gasteiger partial charge in [0.2, 0.25) is 0 Å². The molecule has 0 nitrogen and oxygen atoms in total. The summed E-state index contributed by atoms with van der Waals surface area (Å²) in [7, 11) is 0. The molecule has 0 heteroatoms. The van der Waals surface area contributed by atoms with Gasteiger partial charge in [0.05, 0.1) is 0 Å². The maximum atomic E-state index is 2.28. The molecule has 0 heterocycles. The number of rotatable bonds is 2. The van der Waals surface area contributed by atoms with E-state index in [0.29, 0.717) is 0 Å². The summed E-state index contributed by atoms with van der Waals surface area (Å²) in [5.74, 6) is 0. The summed E-state index contributed by atoms with van der Waals surface area (Å²) in [5.41, 5.74) is 8.19. The van der Waals surface area contributed by atoms with Crippen LogP contribution in [0.5, 0.6) is 0 Å². The fraction of sp³-hybridized carbons (Fsp3) is 0.294. The quantitative estimate of drug-likeness (QED) is 0.684. The molecule has 17 heavy (non-hydrogen) atoms. The number of hydrogen-bond donors (Lipinski definition) is 0. The Labute approximate surface area is 104 Å². The van der Waals surface area contributed by atoms with Crippen molar-refractivity contribution >= 4 is 0 Å². The smallest absolute Gasteiger partial charge is 0.0179 e. The Morgan fingerprint density at radius 1 is 0.765 bits per heavy atom. The molecule has 0 spiro atoms. The van der Waals surface area contributed by atoms with E-state index in [0.717, 1.165) is 6.42 Å². The van der Waals surface area contributed by atoms with Crippen LogP contribution in [0.15, 0.2) is 36.4 Å². The minimum Gasteiger partial charge on any atom is -0.0613 e. The van der Waals surface area contributed by atoms with E-state index in [2.05, 4.69) is 64.1 Å². The van der Waals surface area contributed by atoms with Crippen molar-refractivity contribution < 1.29 is 0 Å². The molecule has 0 N–H and O–H groups in total. The average Bonchev–Trinajstić information content (AvgIpc) is 2.35. The van der Waals surface area contributed by atoms with E-state index in [1.165, 1.54) is 33.4 Å². The molecule has 0 aromatic heterocycles. The van der Waals surface area contributed by atoms with Crippen LogP contribution in [0.4, 0.5) is 0 Å². The Morgan fingerprint density at radius 3 is 1.76 bits per heavy atom. The summed E-state index contributed by atoms with van der Waals surface area (Å²) < 4.78 is 0. The van der Waals surface area contributed by atoms with Gasteiger partial charge in [0.1, 0.15) is 0 Å². The molecule has 2 aromatic rings. The standard InChI is InChI=1S/C17H20/c1-5-15-6-8-16(9-7-15)17-10-12(2)14(4)13(3)11-17/h6-11H,5H2,1-4H3. The van der Waals surface area contributed by atoms with Gasteiger partial charge in [-0.1, -0.05) is 43.3 Å². The van der Waals surface area contributed by atoms with Crippen molar-refractivity contribution in [1.82, 2.24) is 0 Å². The fourth-order valence-corrected chi connectivity index (χ4v) is 2.14. The minimum atomic E-state index is 1.10. The summed E-state index contributed by atoms with van der Waals surface area (Å²) in [4.78, 5) is 0. The molecule has 88 valence electrons. The third-order valence-corrected chi connectivity index (χ3v) is 3.62. The van der Waals surface area contributed by atoms with Crippen LogP contribution in [0.2, 0.25) is 0 Å². The monoisotopic (exact) mass is 224 g/mol. The second-order valence-corrected chi connectivity index (χ2v) is 4.79. The molecule has 0 saturated heterocycles. The van der Waals surface area contributed by atoms with Crippen molar-refractivity contribution in [3.8, 4) is 11.1 Å². The molecule has 0 radical (unpaired) electrons. The maximum Gasteiger partial charge on any atom is -0.0179 e. The Morgan fingerprint density at radius 2 is 1.29 bits per heavy atom. The van der Waals surface area contributed by atoms with E-state index in [9.17, 15) is 0 Å². The van der Waals surface area contributed by atoms with Crippen LogP contribution in [0.3, 0.4) is 0 Å². The van der Waals surface area contributed by atoms with Gasteiger partial charge in [-0.25, -0.2) is 0 Å². The highest BCUT2D eigenvalue weighted by atomic mass is 14.1. The lowest BCUT2D eigenvalue weighted by atomic mass is 9.96. The van der Waals surface area contributed by atoms with Gasteiger partial charge >= 0.3 is 0 Å². The Balaban J connectivity index is 2.45. The predicted molar refractivity (Wildman–Crippen MR) is 75.5 cm³/mol. The fourth-order valence-electron chi connectivity index (χ4n) is 2.14. The lowest BCUT2D eigenvalue weighted by Crippen LogP contribution is -1.89. The van der Waals surface area contributed by atoms with E-state index in [1.807, 2.05) is 0 Å². The van der Waals surface area contributed by atoms with Gasteiger partial charge < -0.3 is 0 Å². The molecule has 0 aliphatic rings. The van der Waals surface area contributed by atoms with Crippen LogP contribution in [0.1, 0.15) is 29.2 Å². The lowest BCUT2D eigenvalue weighted by Gasteiger charge is -2.09. The Bertz CT molecular complexity index is 495. The summed E-state index contributed by atoms with van der Waals surface area (Å²) in [6.45, 7) is 8.75.